The topological polar surface area (TPSA) is 41.9 Å². The van der Waals surface area contributed by atoms with Gasteiger partial charge in [-0.3, -0.25) is 4.68 Å². The summed E-state index contributed by atoms with van der Waals surface area (Å²) in [6, 6.07) is 2.18. The smallest absolute Gasteiger partial charge is 0.166 e. The lowest BCUT2D eigenvalue weighted by molar-refractivity contribution is 0.260. The highest BCUT2D eigenvalue weighted by atomic mass is 32.1. The molecule has 1 unspecified atom stereocenters. The van der Waals surface area contributed by atoms with E-state index in [1.807, 2.05) is 16.9 Å². The van der Waals surface area contributed by atoms with E-state index in [2.05, 4.69) is 50.4 Å². The molecule has 19 heavy (non-hydrogen) atoms. The lowest BCUT2D eigenvalue weighted by atomic mass is 9.87. The fraction of sp³-hybridized carbons (Fsp3) is 0.714. The van der Waals surface area contributed by atoms with Crippen molar-refractivity contribution >= 4 is 17.3 Å². The van der Waals surface area contributed by atoms with E-state index >= 15 is 0 Å². The zero-order valence-corrected chi connectivity index (χ0v) is 13.4. The van der Waals surface area contributed by atoms with Crippen LogP contribution in [0.4, 0.5) is 0 Å². The van der Waals surface area contributed by atoms with Crippen molar-refractivity contribution in [1.82, 2.24) is 20.4 Å². The lowest BCUT2D eigenvalue weighted by Crippen LogP contribution is -2.50. The molecular formula is C14H26N4S. The predicted octanol–water partition coefficient (Wildman–Crippen LogP) is 2.42. The van der Waals surface area contributed by atoms with Gasteiger partial charge < -0.3 is 10.6 Å². The third kappa shape index (κ3) is 6.05. The SMILES string of the molecule is CC(C)CNC(=S)NC(Cn1cccn1)C(C)(C)C. The molecule has 0 aliphatic heterocycles. The molecule has 0 saturated carbocycles. The van der Waals surface area contributed by atoms with Crippen molar-refractivity contribution in [3.63, 3.8) is 0 Å². The number of hydrogen-bond donors (Lipinski definition) is 2. The highest BCUT2D eigenvalue weighted by Crippen LogP contribution is 2.20. The van der Waals surface area contributed by atoms with Crippen molar-refractivity contribution in [2.75, 3.05) is 6.54 Å². The molecule has 1 aromatic rings. The minimum Gasteiger partial charge on any atom is -0.362 e. The maximum atomic E-state index is 5.36. The van der Waals surface area contributed by atoms with Crippen molar-refractivity contribution in [3.05, 3.63) is 18.5 Å². The summed E-state index contributed by atoms with van der Waals surface area (Å²) in [6.07, 6.45) is 3.78. The molecule has 4 nitrogen and oxygen atoms in total. The van der Waals surface area contributed by atoms with Gasteiger partial charge in [-0.2, -0.15) is 5.10 Å². The van der Waals surface area contributed by atoms with Gasteiger partial charge in [-0.15, -0.1) is 0 Å². The molecule has 1 heterocycles. The van der Waals surface area contributed by atoms with Gasteiger partial charge in [0.25, 0.3) is 0 Å². The normalized spacial score (nSPS) is 13.4. The van der Waals surface area contributed by atoms with Crippen LogP contribution in [-0.2, 0) is 6.54 Å². The Labute approximate surface area is 122 Å². The molecule has 5 heteroatoms. The van der Waals surface area contributed by atoms with Crippen molar-refractivity contribution in [2.24, 2.45) is 11.3 Å². The second-order valence-electron chi connectivity index (χ2n) is 6.39. The van der Waals surface area contributed by atoms with Crippen molar-refractivity contribution in [3.8, 4) is 0 Å². The van der Waals surface area contributed by atoms with Gasteiger partial charge in [-0.05, 0) is 29.6 Å². The van der Waals surface area contributed by atoms with Crippen LogP contribution >= 0.6 is 12.2 Å². The van der Waals surface area contributed by atoms with E-state index in [9.17, 15) is 0 Å². The van der Waals surface area contributed by atoms with Crippen LogP contribution < -0.4 is 10.6 Å². The Kier molecular flexibility index (Phi) is 5.79. The fourth-order valence-electron chi connectivity index (χ4n) is 1.64. The first-order valence-corrected chi connectivity index (χ1v) is 7.21. The molecule has 1 rings (SSSR count). The molecule has 0 amide bonds. The second-order valence-corrected chi connectivity index (χ2v) is 6.80. The molecule has 1 aromatic heterocycles. The Morgan fingerprint density at radius 1 is 1.37 bits per heavy atom. The average molecular weight is 282 g/mol. The van der Waals surface area contributed by atoms with Gasteiger partial charge in [-0.1, -0.05) is 34.6 Å². The van der Waals surface area contributed by atoms with E-state index < -0.39 is 0 Å². The maximum absolute atomic E-state index is 5.36. The van der Waals surface area contributed by atoms with Gasteiger partial charge in [0.2, 0.25) is 0 Å². The van der Waals surface area contributed by atoms with E-state index in [0.717, 1.165) is 18.2 Å². The van der Waals surface area contributed by atoms with Crippen LogP contribution in [0.5, 0.6) is 0 Å². The van der Waals surface area contributed by atoms with Crippen LogP contribution in [0, 0.1) is 11.3 Å². The first-order valence-electron chi connectivity index (χ1n) is 6.81. The Bertz CT molecular complexity index is 379. The van der Waals surface area contributed by atoms with Gasteiger partial charge in [0.05, 0.1) is 12.6 Å². The first-order chi connectivity index (χ1) is 8.79. The minimum atomic E-state index is 0.107. The number of nitrogens with one attached hydrogen (secondary N) is 2. The van der Waals surface area contributed by atoms with Gasteiger partial charge in [-0.25, -0.2) is 0 Å². The van der Waals surface area contributed by atoms with Crippen LogP contribution in [0.3, 0.4) is 0 Å². The molecule has 0 spiro atoms. The Hall–Kier alpha value is -1.10. The number of thiocarbonyl (C=S) groups is 1. The summed E-state index contributed by atoms with van der Waals surface area (Å²) in [5.41, 5.74) is 0.107. The quantitative estimate of drug-likeness (QED) is 0.814. The molecule has 0 aliphatic rings. The van der Waals surface area contributed by atoms with Gasteiger partial charge in [0.15, 0.2) is 5.11 Å². The molecule has 0 fully saturated rings. The lowest BCUT2D eigenvalue weighted by Gasteiger charge is -2.32. The van der Waals surface area contributed by atoms with Crippen molar-refractivity contribution in [2.45, 2.75) is 47.2 Å². The Balaban J connectivity index is 2.58. The summed E-state index contributed by atoms with van der Waals surface area (Å²) in [5, 5.41) is 11.7. The highest BCUT2D eigenvalue weighted by Gasteiger charge is 2.25. The minimum absolute atomic E-state index is 0.107. The molecule has 0 bridgehead atoms. The van der Waals surface area contributed by atoms with E-state index in [1.165, 1.54) is 0 Å². The molecule has 0 aromatic carbocycles. The van der Waals surface area contributed by atoms with Crippen LogP contribution in [0.1, 0.15) is 34.6 Å². The summed E-state index contributed by atoms with van der Waals surface area (Å²) < 4.78 is 1.94. The van der Waals surface area contributed by atoms with Crippen LogP contribution in [0.15, 0.2) is 18.5 Å². The summed E-state index contributed by atoms with van der Waals surface area (Å²) in [7, 11) is 0. The van der Waals surface area contributed by atoms with E-state index in [-0.39, 0.29) is 11.5 Å². The average Bonchev–Trinajstić information content (AvgIpc) is 2.77. The summed E-state index contributed by atoms with van der Waals surface area (Å²) in [6.45, 7) is 12.7. The molecule has 108 valence electrons. The van der Waals surface area contributed by atoms with E-state index in [1.54, 1.807) is 6.20 Å². The zero-order chi connectivity index (χ0) is 14.5. The van der Waals surface area contributed by atoms with Crippen LogP contribution in [-0.4, -0.2) is 27.5 Å². The fourth-order valence-corrected chi connectivity index (χ4v) is 1.86. The van der Waals surface area contributed by atoms with Gasteiger partial charge in [0.1, 0.15) is 0 Å². The summed E-state index contributed by atoms with van der Waals surface area (Å²) >= 11 is 5.36. The predicted molar refractivity (Wildman–Crippen MR) is 84.0 cm³/mol. The van der Waals surface area contributed by atoms with Crippen molar-refractivity contribution < 1.29 is 0 Å². The monoisotopic (exact) mass is 282 g/mol. The summed E-state index contributed by atoms with van der Waals surface area (Å²) in [5.74, 6) is 0.582. The number of hydrogen-bond acceptors (Lipinski definition) is 2. The zero-order valence-electron chi connectivity index (χ0n) is 12.6. The highest BCUT2D eigenvalue weighted by molar-refractivity contribution is 7.80. The third-order valence-electron chi connectivity index (χ3n) is 2.95. The molecule has 0 radical (unpaired) electrons. The molecule has 0 saturated heterocycles. The van der Waals surface area contributed by atoms with Gasteiger partial charge >= 0.3 is 0 Å². The molecule has 0 aliphatic carbocycles. The van der Waals surface area contributed by atoms with Crippen LogP contribution in [0.25, 0.3) is 0 Å². The van der Waals surface area contributed by atoms with Crippen LogP contribution in [0.2, 0.25) is 0 Å². The Morgan fingerprint density at radius 3 is 2.53 bits per heavy atom. The number of aromatic nitrogens is 2. The second kappa shape index (κ2) is 6.89. The van der Waals surface area contributed by atoms with E-state index in [4.69, 9.17) is 12.2 Å². The largest absolute Gasteiger partial charge is 0.362 e. The van der Waals surface area contributed by atoms with Gasteiger partial charge in [0, 0.05) is 18.9 Å². The number of nitrogens with zero attached hydrogens (tertiary/aromatic N) is 2. The molecular weight excluding hydrogens is 256 g/mol. The van der Waals surface area contributed by atoms with E-state index in [0.29, 0.717) is 5.92 Å². The Morgan fingerprint density at radius 2 is 2.05 bits per heavy atom. The maximum Gasteiger partial charge on any atom is 0.166 e. The first kappa shape index (κ1) is 16.0. The standard InChI is InChI=1S/C14H26N4S/c1-11(2)9-15-13(19)17-12(14(3,4)5)10-18-8-6-7-16-18/h6-8,11-12H,9-10H2,1-5H3,(H2,15,17,19). The molecule has 1 atom stereocenters. The van der Waals surface area contributed by atoms with Crippen molar-refractivity contribution in [1.29, 1.82) is 0 Å². The third-order valence-corrected chi connectivity index (χ3v) is 3.21. The summed E-state index contributed by atoms with van der Waals surface area (Å²) in [4.78, 5) is 0. The molecule has 2 N–H and O–H groups in total. The number of rotatable bonds is 5.